The molecule has 0 bridgehead atoms. The van der Waals surface area contributed by atoms with E-state index in [4.69, 9.17) is 16.0 Å². The van der Waals surface area contributed by atoms with Gasteiger partial charge in [-0.15, -0.1) is 0 Å². The van der Waals surface area contributed by atoms with E-state index in [1.807, 2.05) is 20.8 Å². The molecule has 0 fully saturated rings. The van der Waals surface area contributed by atoms with Gasteiger partial charge >= 0.3 is 12.1 Å². The molecule has 29 heavy (non-hydrogen) atoms. The molecule has 0 saturated carbocycles. The number of carbonyl (C=O) groups is 2. The molecule has 1 rings (SSSR count). The Balaban J connectivity index is 2.44. The molecule has 0 saturated heterocycles. The molecule has 0 heterocycles. The van der Waals surface area contributed by atoms with Gasteiger partial charge in [0.05, 0.1) is 20.3 Å². The molecule has 0 aliphatic rings. The first-order valence-electron chi connectivity index (χ1n) is 9.90. The average molecular weight is 405 g/mol. The van der Waals surface area contributed by atoms with Crippen LogP contribution in [-0.2, 0) is 14.3 Å². The smallest absolute Gasteiger partial charge is 0.410 e. The molecule has 7 heteroatoms. The molecule has 0 radical (unpaired) electrons. The third-order valence-corrected chi connectivity index (χ3v) is 4.00. The summed E-state index contributed by atoms with van der Waals surface area (Å²) in [5, 5.41) is 0. The maximum atomic E-state index is 12.5. The van der Waals surface area contributed by atoms with Gasteiger partial charge in [0.15, 0.2) is 5.69 Å². The summed E-state index contributed by atoms with van der Waals surface area (Å²) in [7, 11) is 1.38. The van der Waals surface area contributed by atoms with Crippen LogP contribution in [0.25, 0.3) is 4.85 Å². The maximum absolute atomic E-state index is 12.5. The summed E-state index contributed by atoms with van der Waals surface area (Å²) in [6.45, 7) is 14.0. The van der Waals surface area contributed by atoms with E-state index in [1.54, 1.807) is 29.2 Å². The summed E-state index contributed by atoms with van der Waals surface area (Å²) < 4.78 is 15.8. The first kappa shape index (κ1) is 24.3. The highest BCUT2D eigenvalue weighted by Crippen LogP contribution is 2.18. The molecule has 0 aromatic heterocycles. The molecule has 1 aromatic rings. The van der Waals surface area contributed by atoms with Crippen LogP contribution in [0.1, 0.15) is 52.9 Å². The summed E-state index contributed by atoms with van der Waals surface area (Å²) in [5.41, 5.74) is 0.0158. The minimum atomic E-state index is -0.554. The van der Waals surface area contributed by atoms with Gasteiger partial charge in [-0.1, -0.05) is 18.6 Å². The van der Waals surface area contributed by atoms with E-state index >= 15 is 0 Å². The van der Waals surface area contributed by atoms with E-state index in [9.17, 15) is 9.59 Å². The number of methoxy groups -OCH3 is 1. The lowest BCUT2D eigenvalue weighted by atomic mass is 10.2. The molecular weight excluding hydrogens is 372 g/mol. The van der Waals surface area contributed by atoms with Crippen molar-refractivity contribution in [2.75, 3.05) is 26.8 Å². The number of carbonyl (C=O) groups excluding carboxylic acids is 2. The van der Waals surface area contributed by atoms with E-state index in [-0.39, 0.29) is 12.1 Å². The third-order valence-electron chi connectivity index (χ3n) is 4.00. The summed E-state index contributed by atoms with van der Waals surface area (Å²) in [6, 6.07) is 6.95. The van der Waals surface area contributed by atoms with Crippen LogP contribution in [0.15, 0.2) is 24.3 Å². The van der Waals surface area contributed by atoms with Crippen molar-refractivity contribution < 1.29 is 23.8 Å². The summed E-state index contributed by atoms with van der Waals surface area (Å²) >= 11 is 0. The Morgan fingerprint density at radius 2 is 1.69 bits per heavy atom. The minimum absolute atomic E-state index is 0.212. The SMILES string of the molecule is [C-]#[N+]c1ccc(OCCCN(CCCCCC(=O)OC)C(=O)OC(C)(C)C)cc1. The number of nitrogens with zero attached hydrogens (tertiary/aromatic N) is 2. The minimum Gasteiger partial charge on any atom is -0.494 e. The van der Waals surface area contributed by atoms with Crippen LogP contribution >= 0.6 is 0 Å². The van der Waals surface area contributed by atoms with Gasteiger partial charge in [0.25, 0.3) is 0 Å². The van der Waals surface area contributed by atoms with E-state index in [0.717, 1.165) is 19.3 Å². The maximum Gasteiger partial charge on any atom is 0.410 e. The van der Waals surface area contributed by atoms with Crippen LogP contribution in [0.3, 0.4) is 0 Å². The first-order valence-corrected chi connectivity index (χ1v) is 9.90. The van der Waals surface area contributed by atoms with Gasteiger partial charge in [0.2, 0.25) is 0 Å². The standard InChI is InChI=1S/C22H32N2O5/c1-22(2,3)29-21(26)24(15-8-6-7-10-20(25)27-5)16-9-17-28-19-13-11-18(23-4)12-14-19/h11-14H,6-10,15-17H2,1-3,5H3. The lowest BCUT2D eigenvalue weighted by Crippen LogP contribution is -2.38. The molecule has 0 unspecified atom stereocenters. The Morgan fingerprint density at radius 1 is 1.03 bits per heavy atom. The fraction of sp³-hybridized carbons (Fsp3) is 0.591. The number of esters is 1. The molecule has 7 nitrogen and oxygen atoms in total. The van der Waals surface area contributed by atoms with Gasteiger partial charge in [0, 0.05) is 19.5 Å². The number of rotatable bonds is 11. The number of benzene rings is 1. The van der Waals surface area contributed by atoms with Gasteiger partial charge in [-0.2, -0.15) is 0 Å². The zero-order valence-electron chi connectivity index (χ0n) is 17.9. The zero-order valence-corrected chi connectivity index (χ0v) is 17.9. The molecule has 0 N–H and O–H groups in total. The van der Waals surface area contributed by atoms with Gasteiger partial charge in [-0.05, 0) is 52.2 Å². The summed E-state index contributed by atoms with van der Waals surface area (Å²) in [5.74, 6) is 0.486. The van der Waals surface area contributed by atoms with Crippen molar-refractivity contribution in [2.45, 2.75) is 58.5 Å². The van der Waals surface area contributed by atoms with Crippen molar-refractivity contribution in [3.8, 4) is 5.75 Å². The molecular formula is C22H32N2O5. The average Bonchev–Trinajstić information content (AvgIpc) is 2.68. The third kappa shape index (κ3) is 11.0. The lowest BCUT2D eigenvalue weighted by molar-refractivity contribution is -0.140. The quantitative estimate of drug-likeness (QED) is 0.296. The Kier molecular flexibility index (Phi) is 10.6. The Bertz CT molecular complexity index is 674. The molecule has 0 aliphatic heterocycles. The van der Waals surface area contributed by atoms with Crippen molar-refractivity contribution in [1.82, 2.24) is 4.90 Å². The van der Waals surface area contributed by atoms with Crippen molar-refractivity contribution in [2.24, 2.45) is 0 Å². The zero-order chi connectivity index (χ0) is 21.7. The topological polar surface area (TPSA) is 69.4 Å². The van der Waals surface area contributed by atoms with Gasteiger partial charge in [-0.25, -0.2) is 9.64 Å². The van der Waals surface area contributed by atoms with E-state index in [1.165, 1.54) is 7.11 Å². The first-order chi connectivity index (χ1) is 13.7. The van der Waals surface area contributed by atoms with E-state index in [2.05, 4.69) is 9.58 Å². The Hall–Kier alpha value is -2.75. The second-order valence-electron chi connectivity index (χ2n) is 7.66. The predicted octanol–water partition coefficient (Wildman–Crippen LogP) is 4.98. The summed E-state index contributed by atoms with van der Waals surface area (Å²) in [6.07, 6.45) is 3.06. The highest BCUT2D eigenvalue weighted by molar-refractivity contribution is 5.69. The fourth-order valence-corrected chi connectivity index (χ4v) is 2.53. The van der Waals surface area contributed by atoms with Crippen molar-refractivity contribution >= 4 is 17.7 Å². The molecule has 1 amide bonds. The molecule has 1 aromatic carbocycles. The molecule has 0 spiro atoms. The van der Waals surface area contributed by atoms with Crippen LogP contribution in [-0.4, -0.2) is 49.4 Å². The van der Waals surface area contributed by atoms with Gasteiger partial charge in [-0.3, -0.25) is 4.79 Å². The number of ether oxygens (including phenoxy) is 3. The predicted molar refractivity (Wildman–Crippen MR) is 111 cm³/mol. The van der Waals surface area contributed by atoms with Crippen molar-refractivity contribution in [3.05, 3.63) is 35.7 Å². The van der Waals surface area contributed by atoms with Gasteiger partial charge < -0.3 is 19.1 Å². The fourth-order valence-electron chi connectivity index (χ4n) is 2.53. The second-order valence-corrected chi connectivity index (χ2v) is 7.66. The monoisotopic (exact) mass is 404 g/mol. The number of hydrogen-bond donors (Lipinski definition) is 0. The van der Waals surface area contributed by atoms with Crippen LogP contribution in [0, 0.1) is 6.57 Å². The van der Waals surface area contributed by atoms with E-state index < -0.39 is 5.60 Å². The van der Waals surface area contributed by atoms with Gasteiger partial charge in [0.1, 0.15) is 11.4 Å². The lowest BCUT2D eigenvalue weighted by Gasteiger charge is -2.27. The van der Waals surface area contributed by atoms with Crippen LogP contribution in [0.5, 0.6) is 5.75 Å². The normalized spacial score (nSPS) is 10.7. The summed E-state index contributed by atoms with van der Waals surface area (Å²) in [4.78, 5) is 28.7. The molecule has 0 atom stereocenters. The number of amides is 1. The van der Waals surface area contributed by atoms with E-state index in [0.29, 0.717) is 44.0 Å². The molecule has 160 valence electrons. The van der Waals surface area contributed by atoms with Crippen molar-refractivity contribution in [3.63, 3.8) is 0 Å². The largest absolute Gasteiger partial charge is 0.494 e. The highest BCUT2D eigenvalue weighted by Gasteiger charge is 2.21. The molecule has 0 aliphatic carbocycles. The Labute approximate surface area is 173 Å². The highest BCUT2D eigenvalue weighted by atomic mass is 16.6. The Morgan fingerprint density at radius 3 is 2.28 bits per heavy atom. The van der Waals surface area contributed by atoms with Crippen LogP contribution in [0.4, 0.5) is 10.5 Å². The van der Waals surface area contributed by atoms with Crippen molar-refractivity contribution in [1.29, 1.82) is 0 Å². The number of hydrogen-bond acceptors (Lipinski definition) is 5. The second kappa shape index (κ2) is 12.7. The number of unbranched alkanes of at least 4 members (excludes halogenated alkanes) is 2. The van der Waals surface area contributed by atoms with Crippen LogP contribution in [0.2, 0.25) is 0 Å². The van der Waals surface area contributed by atoms with Crippen LogP contribution < -0.4 is 4.74 Å².